The van der Waals surface area contributed by atoms with Gasteiger partial charge in [0.25, 0.3) is 11.8 Å². The van der Waals surface area contributed by atoms with E-state index < -0.39 is 53.2 Å². The number of benzene rings is 2. The Balaban J connectivity index is 1.54. The number of hydrogen-bond donors (Lipinski definition) is 1. The summed E-state index contributed by atoms with van der Waals surface area (Å²) in [5.74, 6) is -3.54. The zero-order chi connectivity index (χ0) is 25.5. The number of hydrogen-bond acceptors (Lipinski definition) is 5. The van der Waals surface area contributed by atoms with Gasteiger partial charge in [-0.2, -0.15) is 0 Å². The van der Waals surface area contributed by atoms with E-state index in [0.717, 1.165) is 12.1 Å². The number of Topliss-reactive ketones (excluding diaryl/α,β-unsaturated/α-hetero) is 2. The molecular formula is C24H20F4N2O5. The van der Waals surface area contributed by atoms with Crippen molar-refractivity contribution in [2.24, 2.45) is 0 Å². The smallest absolute Gasteiger partial charge is 0.405 e. The van der Waals surface area contributed by atoms with E-state index in [1.165, 1.54) is 36.1 Å². The molecule has 35 heavy (non-hydrogen) atoms. The van der Waals surface area contributed by atoms with Crippen LogP contribution in [-0.2, 0) is 16.1 Å². The van der Waals surface area contributed by atoms with Gasteiger partial charge in [-0.1, -0.05) is 18.2 Å². The molecule has 0 bridgehead atoms. The van der Waals surface area contributed by atoms with Crippen LogP contribution in [0.4, 0.5) is 17.6 Å². The van der Waals surface area contributed by atoms with E-state index in [1.807, 2.05) is 0 Å². The number of ether oxygens (including phenoxy) is 1. The standard InChI is InChI=1S/C24H20F4N2O5/c1-12(14-4-2-3-5-20(14)35-24(26,27)28)29-22(33)16-8-7-15-17(21(16)25)11-30(23(15)34)18-9-6-13(31)10-19(18)32/h2-5,7-8,12,18H,6,9-11H2,1H3,(H,29,33)/t12-,18?/m0/s1. The van der Waals surface area contributed by atoms with Crippen LogP contribution in [0.1, 0.15) is 64.1 Å². The Labute approximate surface area is 197 Å². The van der Waals surface area contributed by atoms with Gasteiger partial charge in [-0.3, -0.25) is 19.2 Å². The van der Waals surface area contributed by atoms with Crippen molar-refractivity contribution in [3.05, 3.63) is 64.5 Å². The van der Waals surface area contributed by atoms with Gasteiger partial charge in [0.15, 0.2) is 5.78 Å². The molecule has 2 amide bonds. The molecule has 7 nitrogen and oxygen atoms in total. The summed E-state index contributed by atoms with van der Waals surface area (Å²) < 4.78 is 57.4. The maximum Gasteiger partial charge on any atom is 0.573 e. The number of halogens is 4. The highest BCUT2D eigenvalue weighted by molar-refractivity contribution is 6.08. The molecule has 1 heterocycles. The SMILES string of the molecule is C[C@H](NC(=O)c1ccc2c(c1F)CN(C1CCC(=O)CC1=O)C2=O)c1ccccc1OC(F)(F)F. The molecule has 0 radical (unpaired) electrons. The molecule has 4 rings (SSSR count). The van der Waals surface area contributed by atoms with Crippen LogP contribution in [0.15, 0.2) is 36.4 Å². The van der Waals surface area contributed by atoms with Crippen LogP contribution < -0.4 is 10.1 Å². The first-order valence-corrected chi connectivity index (χ1v) is 10.8. The lowest BCUT2D eigenvalue weighted by molar-refractivity contribution is -0.275. The lowest BCUT2D eigenvalue weighted by Gasteiger charge is -2.29. The lowest BCUT2D eigenvalue weighted by atomic mass is 9.92. The molecule has 1 N–H and O–H groups in total. The number of nitrogens with one attached hydrogen (secondary N) is 1. The Hall–Kier alpha value is -3.76. The summed E-state index contributed by atoms with van der Waals surface area (Å²) in [5.41, 5.74) is -0.405. The van der Waals surface area contributed by atoms with Crippen LogP contribution in [-0.4, -0.2) is 40.7 Å². The maximum absolute atomic E-state index is 15.3. The normalized spacial score (nSPS) is 18.9. The zero-order valence-corrected chi connectivity index (χ0v) is 18.4. The molecule has 1 fully saturated rings. The van der Waals surface area contributed by atoms with Crippen molar-refractivity contribution >= 4 is 23.4 Å². The Morgan fingerprint density at radius 3 is 2.54 bits per heavy atom. The van der Waals surface area contributed by atoms with Crippen molar-refractivity contribution < 1.29 is 41.5 Å². The minimum absolute atomic E-state index is 0.0146. The molecule has 0 aromatic heterocycles. The number of para-hydroxylation sites is 1. The highest BCUT2D eigenvalue weighted by atomic mass is 19.4. The Morgan fingerprint density at radius 2 is 1.86 bits per heavy atom. The van der Waals surface area contributed by atoms with Crippen molar-refractivity contribution in [1.29, 1.82) is 0 Å². The van der Waals surface area contributed by atoms with Gasteiger partial charge in [-0.25, -0.2) is 4.39 Å². The minimum atomic E-state index is -4.93. The number of carbonyl (C=O) groups is 4. The highest BCUT2D eigenvalue weighted by Crippen LogP contribution is 2.33. The highest BCUT2D eigenvalue weighted by Gasteiger charge is 2.41. The van der Waals surface area contributed by atoms with Crippen LogP contribution in [0.5, 0.6) is 5.75 Å². The summed E-state index contributed by atoms with van der Waals surface area (Å²) in [6.45, 7) is 1.19. The van der Waals surface area contributed by atoms with E-state index in [9.17, 15) is 32.3 Å². The first-order chi connectivity index (χ1) is 16.5. The second-order valence-electron chi connectivity index (χ2n) is 8.40. The topological polar surface area (TPSA) is 92.8 Å². The molecule has 11 heteroatoms. The van der Waals surface area contributed by atoms with E-state index in [-0.39, 0.29) is 48.3 Å². The summed E-state index contributed by atoms with van der Waals surface area (Å²) in [6, 6.07) is 5.84. The van der Waals surface area contributed by atoms with E-state index >= 15 is 4.39 Å². The molecule has 1 aliphatic heterocycles. The molecule has 0 spiro atoms. The number of ketones is 2. The van der Waals surface area contributed by atoms with Crippen molar-refractivity contribution in [3.63, 3.8) is 0 Å². The molecule has 1 unspecified atom stereocenters. The van der Waals surface area contributed by atoms with Gasteiger partial charge >= 0.3 is 6.36 Å². The summed E-state index contributed by atoms with van der Waals surface area (Å²) in [4.78, 5) is 50.5. The van der Waals surface area contributed by atoms with Crippen molar-refractivity contribution in [3.8, 4) is 5.75 Å². The van der Waals surface area contributed by atoms with E-state index in [4.69, 9.17) is 0 Å². The molecule has 2 aliphatic rings. The average molecular weight is 492 g/mol. The quantitative estimate of drug-likeness (QED) is 0.506. The van der Waals surface area contributed by atoms with Gasteiger partial charge in [0.05, 0.1) is 30.6 Å². The van der Waals surface area contributed by atoms with Gasteiger partial charge in [-0.05, 0) is 31.5 Å². The molecule has 2 aromatic rings. The molecule has 184 valence electrons. The zero-order valence-electron chi connectivity index (χ0n) is 18.4. The van der Waals surface area contributed by atoms with Crippen LogP contribution >= 0.6 is 0 Å². The van der Waals surface area contributed by atoms with Crippen LogP contribution in [0.2, 0.25) is 0 Å². The van der Waals surface area contributed by atoms with Crippen molar-refractivity contribution in [2.75, 3.05) is 0 Å². The molecule has 1 aliphatic carbocycles. The monoisotopic (exact) mass is 492 g/mol. The fraction of sp³-hybridized carbons (Fsp3) is 0.333. The van der Waals surface area contributed by atoms with E-state index in [2.05, 4.69) is 10.1 Å². The number of amides is 2. The maximum atomic E-state index is 15.3. The molecule has 2 aromatic carbocycles. The Kier molecular flexibility index (Phi) is 6.35. The second-order valence-corrected chi connectivity index (χ2v) is 8.40. The third-order valence-electron chi connectivity index (χ3n) is 6.08. The third kappa shape index (κ3) is 4.89. The van der Waals surface area contributed by atoms with Crippen LogP contribution in [0.3, 0.4) is 0 Å². The summed E-state index contributed by atoms with van der Waals surface area (Å²) in [5, 5.41) is 2.45. The molecule has 2 atom stereocenters. The van der Waals surface area contributed by atoms with Gasteiger partial charge in [0.2, 0.25) is 0 Å². The summed E-state index contributed by atoms with van der Waals surface area (Å²) in [6.07, 6.45) is -4.91. The minimum Gasteiger partial charge on any atom is -0.405 e. The van der Waals surface area contributed by atoms with Crippen LogP contribution in [0, 0.1) is 5.82 Å². The van der Waals surface area contributed by atoms with Gasteiger partial charge < -0.3 is 15.0 Å². The largest absolute Gasteiger partial charge is 0.573 e. The fourth-order valence-electron chi connectivity index (χ4n) is 4.40. The fourth-order valence-corrected chi connectivity index (χ4v) is 4.40. The van der Waals surface area contributed by atoms with Crippen LogP contribution in [0.25, 0.3) is 0 Å². The molecule has 0 saturated heterocycles. The van der Waals surface area contributed by atoms with Gasteiger partial charge in [0, 0.05) is 23.1 Å². The second kappa shape index (κ2) is 9.12. The third-order valence-corrected chi connectivity index (χ3v) is 6.08. The van der Waals surface area contributed by atoms with Gasteiger partial charge in [0.1, 0.15) is 17.3 Å². The van der Waals surface area contributed by atoms with E-state index in [1.54, 1.807) is 0 Å². The summed E-state index contributed by atoms with van der Waals surface area (Å²) in [7, 11) is 0. The number of rotatable bonds is 5. The van der Waals surface area contributed by atoms with Crippen molar-refractivity contribution in [2.45, 2.75) is 51.2 Å². The Morgan fingerprint density at radius 1 is 1.14 bits per heavy atom. The first-order valence-electron chi connectivity index (χ1n) is 10.8. The number of carbonyl (C=O) groups excluding carboxylic acids is 4. The predicted octanol–water partition coefficient (Wildman–Crippen LogP) is 3.86. The average Bonchev–Trinajstić information content (AvgIpc) is 3.10. The van der Waals surface area contributed by atoms with Gasteiger partial charge in [-0.15, -0.1) is 13.2 Å². The Bertz CT molecular complexity index is 1230. The molecular weight excluding hydrogens is 472 g/mol. The number of fused-ring (bicyclic) bond motifs is 1. The lowest BCUT2D eigenvalue weighted by Crippen LogP contribution is -2.44. The predicted molar refractivity (Wildman–Crippen MR) is 113 cm³/mol. The molecule has 1 saturated carbocycles. The van der Waals surface area contributed by atoms with E-state index in [0.29, 0.717) is 0 Å². The number of nitrogens with zero attached hydrogens (tertiary/aromatic N) is 1. The van der Waals surface area contributed by atoms with Crippen molar-refractivity contribution in [1.82, 2.24) is 10.2 Å². The first kappa shape index (κ1) is 24.4. The summed E-state index contributed by atoms with van der Waals surface area (Å²) >= 11 is 0. The number of alkyl halides is 3.